The molecule has 0 aliphatic carbocycles. The number of hydrogen-bond donors (Lipinski definition) is 1. The number of pyridine rings is 2. The first-order valence-electron chi connectivity index (χ1n) is 10.8. The quantitative estimate of drug-likeness (QED) is 0.668. The third kappa shape index (κ3) is 4.92. The van der Waals surface area contributed by atoms with Crippen molar-refractivity contribution < 1.29 is 4.79 Å². The number of fused-ring (bicyclic) bond motifs is 1. The van der Waals surface area contributed by atoms with E-state index >= 15 is 0 Å². The van der Waals surface area contributed by atoms with Gasteiger partial charge in [-0.05, 0) is 72.5 Å². The molecule has 2 aromatic heterocycles. The number of benzene rings is 1. The lowest BCUT2D eigenvalue weighted by atomic mass is 10.0. The zero-order valence-corrected chi connectivity index (χ0v) is 17.3. The van der Waals surface area contributed by atoms with Crippen LogP contribution in [0, 0.1) is 0 Å². The van der Waals surface area contributed by atoms with Crippen molar-refractivity contribution in [3.05, 3.63) is 78.4 Å². The smallest absolute Gasteiger partial charge is 0.259 e. The van der Waals surface area contributed by atoms with Crippen molar-refractivity contribution in [2.45, 2.75) is 38.6 Å². The minimum Gasteiger partial charge on any atom is -0.313 e. The molecular formula is C25H28N4O. The summed E-state index contributed by atoms with van der Waals surface area (Å²) in [5.74, 6) is 0.0121. The third-order valence-electron chi connectivity index (χ3n) is 5.59. The summed E-state index contributed by atoms with van der Waals surface area (Å²) in [5.41, 5.74) is 5.02. The second kappa shape index (κ2) is 10.1. The highest BCUT2D eigenvalue weighted by atomic mass is 16.2. The van der Waals surface area contributed by atoms with Gasteiger partial charge in [-0.2, -0.15) is 0 Å². The van der Waals surface area contributed by atoms with Crippen LogP contribution in [0.4, 0.5) is 5.69 Å². The Hall–Kier alpha value is -3.05. The maximum atomic E-state index is 13.4. The van der Waals surface area contributed by atoms with E-state index in [2.05, 4.69) is 33.5 Å². The summed E-state index contributed by atoms with van der Waals surface area (Å²) in [4.78, 5) is 23.6. The van der Waals surface area contributed by atoms with Gasteiger partial charge in [-0.3, -0.25) is 14.8 Å². The average molecular weight is 401 g/mol. The minimum absolute atomic E-state index is 0.0121. The number of anilines is 1. The van der Waals surface area contributed by atoms with Gasteiger partial charge < -0.3 is 10.2 Å². The van der Waals surface area contributed by atoms with Gasteiger partial charge in [0, 0.05) is 43.6 Å². The van der Waals surface area contributed by atoms with Crippen molar-refractivity contribution in [2.24, 2.45) is 0 Å². The molecule has 1 aliphatic heterocycles. The maximum Gasteiger partial charge on any atom is 0.259 e. The van der Waals surface area contributed by atoms with E-state index in [0.717, 1.165) is 54.9 Å². The van der Waals surface area contributed by atoms with Crippen molar-refractivity contribution in [3.8, 4) is 11.1 Å². The van der Waals surface area contributed by atoms with Crippen molar-refractivity contribution in [1.82, 2.24) is 15.3 Å². The largest absolute Gasteiger partial charge is 0.313 e. The molecule has 0 fully saturated rings. The number of nitrogens with one attached hydrogen (secondary N) is 1. The Bertz CT molecular complexity index is 959. The topological polar surface area (TPSA) is 58.1 Å². The van der Waals surface area contributed by atoms with Gasteiger partial charge in [-0.1, -0.05) is 25.3 Å². The summed E-state index contributed by atoms with van der Waals surface area (Å²) in [5, 5.41) is 3.57. The predicted octanol–water partition coefficient (Wildman–Crippen LogP) is 4.84. The average Bonchev–Trinajstić information content (AvgIpc) is 2.80. The molecule has 0 radical (unpaired) electrons. The number of rotatable bonds is 2. The van der Waals surface area contributed by atoms with Gasteiger partial charge >= 0.3 is 0 Å². The van der Waals surface area contributed by atoms with Crippen molar-refractivity contribution in [1.29, 1.82) is 0 Å². The van der Waals surface area contributed by atoms with Crippen LogP contribution in [0.2, 0.25) is 0 Å². The second-order valence-corrected chi connectivity index (χ2v) is 7.72. The Morgan fingerprint density at radius 1 is 0.867 bits per heavy atom. The molecule has 0 saturated heterocycles. The molecule has 0 atom stereocenters. The first-order chi connectivity index (χ1) is 14.8. The number of aromatic nitrogens is 2. The standard InChI is InChI=1S/C25H28N4O/c30-25(22-7-6-13-28-18-22)29-16-5-3-1-2-4-12-27-19-23-17-21(8-9-24(23)29)20-10-14-26-15-11-20/h6-11,13-15,17-18,27H,1-5,12,16,19H2. The Balaban J connectivity index is 1.73. The van der Waals surface area contributed by atoms with Crippen molar-refractivity contribution in [2.75, 3.05) is 18.0 Å². The summed E-state index contributed by atoms with van der Waals surface area (Å²) >= 11 is 0. The molecule has 0 spiro atoms. The number of amides is 1. The summed E-state index contributed by atoms with van der Waals surface area (Å²) in [7, 11) is 0. The Morgan fingerprint density at radius 2 is 1.70 bits per heavy atom. The van der Waals surface area contributed by atoms with Gasteiger partial charge in [0.05, 0.1) is 5.56 Å². The van der Waals surface area contributed by atoms with Crippen LogP contribution >= 0.6 is 0 Å². The van der Waals surface area contributed by atoms with Crippen LogP contribution in [-0.2, 0) is 6.54 Å². The fourth-order valence-corrected chi connectivity index (χ4v) is 3.96. The first kappa shape index (κ1) is 20.2. The zero-order chi connectivity index (χ0) is 20.6. The third-order valence-corrected chi connectivity index (χ3v) is 5.59. The molecule has 1 amide bonds. The molecule has 1 aliphatic rings. The molecule has 5 heteroatoms. The van der Waals surface area contributed by atoms with E-state index in [9.17, 15) is 4.79 Å². The van der Waals surface area contributed by atoms with E-state index in [-0.39, 0.29) is 5.91 Å². The normalized spacial score (nSPS) is 15.5. The molecule has 1 aromatic carbocycles. The molecule has 30 heavy (non-hydrogen) atoms. The highest BCUT2D eigenvalue weighted by molar-refractivity contribution is 6.06. The Labute approximate surface area is 178 Å². The Morgan fingerprint density at radius 3 is 2.53 bits per heavy atom. The molecule has 5 nitrogen and oxygen atoms in total. The lowest BCUT2D eigenvalue weighted by Crippen LogP contribution is -2.33. The predicted molar refractivity (Wildman–Crippen MR) is 120 cm³/mol. The first-order valence-corrected chi connectivity index (χ1v) is 10.8. The summed E-state index contributed by atoms with van der Waals surface area (Å²) < 4.78 is 0. The van der Waals surface area contributed by atoms with E-state index in [0.29, 0.717) is 5.56 Å². The van der Waals surface area contributed by atoms with Crippen LogP contribution < -0.4 is 10.2 Å². The van der Waals surface area contributed by atoms with Gasteiger partial charge in [0.1, 0.15) is 0 Å². The van der Waals surface area contributed by atoms with Gasteiger partial charge in [-0.15, -0.1) is 0 Å². The summed E-state index contributed by atoms with van der Waals surface area (Å²) in [6.45, 7) is 2.45. The van der Waals surface area contributed by atoms with Crippen molar-refractivity contribution >= 4 is 11.6 Å². The number of nitrogens with zero attached hydrogens (tertiary/aromatic N) is 3. The van der Waals surface area contributed by atoms with Crippen LogP contribution in [0.25, 0.3) is 11.1 Å². The monoisotopic (exact) mass is 400 g/mol. The fourth-order valence-electron chi connectivity index (χ4n) is 3.96. The van der Waals surface area contributed by atoms with Crippen LogP contribution in [0.5, 0.6) is 0 Å². The zero-order valence-electron chi connectivity index (χ0n) is 17.3. The molecule has 4 rings (SSSR count). The number of carbonyl (C=O) groups excluding carboxylic acids is 1. The number of hydrogen-bond acceptors (Lipinski definition) is 4. The molecule has 0 unspecified atom stereocenters. The number of carbonyl (C=O) groups is 1. The molecule has 0 saturated carbocycles. The molecule has 154 valence electrons. The second-order valence-electron chi connectivity index (χ2n) is 7.72. The molecule has 3 aromatic rings. The van der Waals surface area contributed by atoms with E-state index in [1.165, 1.54) is 19.3 Å². The maximum absolute atomic E-state index is 13.4. The van der Waals surface area contributed by atoms with E-state index < -0.39 is 0 Å². The van der Waals surface area contributed by atoms with Crippen LogP contribution in [0.1, 0.15) is 48.0 Å². The van der Waals surface area contributed by atoms with Crippen LogP contribution in [-0.4, -0.2) is 29.0 Å². The molecule has 0 bridgehead atoms. The molecule has 1 N–H and O–H groups in total. The fraction of sp³-hybridized carbons (Fsp3) is 0.320. The van der Waals surface area contributed by atoms with E-state index in [1.807, 2.05) is 41.6 Å². The minimum atomic E-state index is 0.0121. The molecular weight excluding hydrogens is 372 g/mol. The lowest BCUT2D eigenvalue weighted by molar-refractivity contribution is 0.0986. The van der Waals surface area contributed by atoms with E-state index in [1.54, 1.807) is 12.4 Å². The van der Waals surface area contributed by atoms with Crippen molar-refractivity contribution in [3.63, 3.8) is 0 Å². The SMILES string of the molecule is O=C(c1cccnc1)N1CCCCCCCNCc2cc(-c3ccncc3)ccc21. The van der Waals surface area contributed by atoms with Crippen LogP contribution in [0.3, 0.4) is 0 Å². The Kier molecular flexibility index (Phi) is 6.83. The van der Waals surface area contributed by atoms with Gasteiger partial charge in [0.2, 0.25) is 0 Å². The van der Waals surface area contributed by atoms with Gasteiger partial charge in [0.25, 0.3) is 5.91 Å². The van der Waals surface area contributed by atoms with Gasteiger partial charge in [0.15, 0.2) is 0 Å². The lowest BCUT2D eigenvalue weighted by Gasteiger charge is -2.27. The van der Waals surface area contributed by atoms with Crippen LogP contribution in [0.15, 0.2) is 67.3 Å². The van der Waals surface area contributed by atoms with E-state index in [4.69, 9.17) is 0 Å². The summed E-state index contributed by atoms with van der Waals surface area (Å²) in [6.07, 6.45) is 12.8. The molecule has 3 heterocycles. The summed E-state index contributed by atoms with van der Waals surface area (Å²) in [6, 6.07) is 14.1. The highest BCUT2D eigenvalue weighted by Crippen LogP contribution is 2.29. The van der Waals surface area contributed by atoms with Gasteiger partial charge in [-0.25, -0.2) is 0 Å². The highest BCUT2D eigenvalue weighted by Gasteiger charge is 2.21.